The predicted molar refractivity (Wildman–Crippen MR) is 70.6 cm³/mol. The molecule has 1 aromatic carbocycles. The molecule has 0 aliphatic carbocycles. The maximum absolute atomic E-state index is 4.46. The molecule has 0 saturated heterocycles. The summed E-state index contributed by atoms with van der Waals surface area (Å²) in [6, 6.07) is 10.5. The van der Waals surface area contributed by atoms with Gasteiger partial charge in [0, 0.05) is 25.4 Å². The average Bonchev–Trinajstić information content (AvgIpc) is 2.77. The Labute approximate surface area is 102 Å². The molecule has 0 amide bonds. The van der Waals surface area contributed by atoms with E-state index in [0.717, 1.165) is 25.2 Å². The Kier molecular flexibility index (Phi) is 3.94. The van der Waals surface area contributed by atoms with Crippen LogP contribution in [-0.2, 0) is 13.6 Å². The number of rotatable bonds is 5. The lowest BCUT2D eigenvalue weighted by atomic mass is 10.0. The van der Waals surface area contributed by atoms with E-state index in [1.807, 2.05) is 17.9 Å². The summed E-state index contributed by atoms with van der Waals surface area (Å²) in [5.74, 6) is 0. The molecule has 90 valence electrons. The monoisotopic (exact) mass is 229 g/mol. The van der Waals surface area contributed by atoms with E-state index < -0.39 is 0 Å². The van der Waals surface area contributed by atoms with Crippen LogP contribution in [0.3, 0.4) is 0 Å². The molecule has 0 atom stereocenters. The molecule has 0 aliphatic heterocycles. The van der Waals surface area contributed by atoms with Crippen molar-refractivity contribution in [3.63, 3.8) is 0 Å². The lowest BCUT2D eigenvalue weighted by Crippen LogP contribution is -2.14. The molecule has 0 unspecified atom stereocenters. The van der Waals surface area contributed by atoms with Crippen LogP contribution in [0.15, 0.2) is 36.5 Å². The van der Waals surface area contributed by atoms with Gasteiger partial charge in [-0.1, -0.05) is 31.2 Å². The highest BCUT2D eigenvalue weighted by Crippen LogP contribution is 2.21. The van der Waals surface area contributed by atoms with E-state index in [9.17, 15) is 0 Å². The molecular formula is C14H19N3. The standard InChI is InChI=1S/C14H19N3/c1-3-9-15-11-12-6-4-5-7-13(12)14-8-10-17(2)16-14/h4-8,10,15H,3,9,11H2,1-2H3. The Bertz CT molecular complexity index is 474. The SMILES string of the molecule is CCCNCc1ccccc1-c1ccn(C)n1. The summed E-state index contributed by atoms with van der Waals surface area (Å²) in [4.78, 5) is 0. The molecule has 3 heteroatoms. The zero-order chi connectivity index (χ0) is 12.1. The Balaban J connectivity index is 2.21. The largest absolute Gasteiger partial charge is 0.313 e. The Morgan fingerprint density at radius 2 is 2.06 bits per heavy atom. The van der Waals surface area contributed by atoms with Crippen molar-refractivity contribution in [2.45, 2.75) is 19.9 Å². The molecule has 3 nitrogen and oxygen atoms in total. The number of aryl methyl sites for hydroxylation is 1. The molecule has 1 aromatic heterocycles. The van der Waals surface area contributed by atoms with Crippen molar-refractivity contribution in [1.82, 2.24) is 15.1 Å². The van der Waals surface area contributed by atoms with Crippen molar-refractivity contribution in [2.24, 2.45) is 7.05 Å². The first kappa shape index (κ1) is 11.9. The Hall–Kier alpha value is -1.61. The van der Waals surface area contributed by atoms with Crippen LogP contribution in [0.5, 0.6) is 0 Å². The number of nitrogens with zero attached hydrogens (tertiary/aromatic N) is 2. The van der Waals surface area contributed by atoms with Gasteiger partial charge in [0.15, 0.2) is 0 Å². The molecule has 0 fully saturated rings. The van der Waals surface area contributed by atoms with Crippen LogP contribution in [-0.4, -0.2) is 16.3 Å². The maximum Gasteiger partial charge on any atom is 0.0926 e. The van der Waals surface area contributed by atoms with Gasteiger partial charge in [-0.05, 0) is 24.6 Å². The first-order valence-electron chi connectivity index (χ1n) is 6.10. The van der Waals surface area contributed by atoms with Gasteiger partial charge in [0.25, 0.3) is 0 Å². The summed E-state index contributed by atoms with van der Waals surface area (Å²) in [5, 5.41) is 7.89. The molecule has 1 heterocycles. The van der Waals surface area contributed by atoms with Gasteiger partial charge in [0.2, 0.25) is 0 Å². The zero-order valence-electron chi connectivity index (χ0n) is 10.5. The zero-order valence-corrected chi connectivity index (χ0v) is 10.5. The lowest BCUT2D eigenvalue weighted by Gasteiger charge is -2.08. The van der Waals surface area contributed by atoms with Crippen molar-refractivity contribution in [2.75, 3.05) is 6.54 Å². The van der Waals surface area contributed by atoms with E-state index in [2.05, 4.69) is 47.7 Å². The summed E-state index contributed by atoms with van der Waals surface area (Å²) >= 11 is 0. The van der Waals surface area contributed by atoms with Crippen molar-refractivity contribution in [3.05, 3.63) is 42.1 Å². The van der Waals surface area contributed by atoms with Crippen LogP contribution in [0, 0.1) is 0 Å². The van der Waals surface area contributed by atoms with Crippen molar-refractivity contribution < 1.29 is 0 Å². The van der Waals surface area contributed by atoms with Gasteiger partial charge in [-0.2, -0.15) is 5.10 Å². The molecule has 0 spiro atoms. The van der Waals surface area contributed by atoms with E-state index in [1.165, 1.54) is 11.1 Å². The second-order valence-electron chi connectivity index (χ2n) is 4.21. The van der Waals surface area contributed by atoms with Crippen LogP contribution in [0.4, 0.5) is 0 Å². The van der Waals surface area contributed by atoms with Crippen LogP contribution >= 0.6 is 0 Å². The normalized spacial score (nSPS) is 10.7. The van der Waals surface area contributed by atoms with Gasteiger partial charge in [0.1, 0.15) is 0 Å². The fraction of sp³-hybridized carbons (Fsp3) is 0.357. The predicted octanol–water partition coefficient (Wildman–Crippen LogP) is 2.59. The van der Waals surface area contributed by atoms with Gasteiger partial charge < -0.3 is 5.32 Å². The molecule has 0 saturated carbocycles. The third kappa shape index (κ3) is 2.94. The van der Waals surface area contributed by atoms with Crippen molar-refractivity contribution in [3.8, 4) is 11.3 Å². The minimum Gasteiger partial charge on any atom is -0.313 e. The topological polar surface area (TPSA) is 29.9 Å². The van der Waals surface area contributed by atoms with Crippen molar-refractivity contribution in [1.29, 1.82) is 0 Å². The van der Waals surface area contributed by atoms with Gasteiger partial charge in [-0.3, -0.25) is 4.68 Å². The quantitative estimate of drug-likeness (QED) is 0.799. The van der Waals surface area contributed by atoms with Gasteiger partial charge in [-0.25, -0.2) is 0 Å². The number of benzene rings is 1. The third-order valence-electron chi connectivity index (χ3n) is 2.75. The van der Waals surface area contributed by atoms with E-state index in [4.69, 9.17) is 0 Å². The number of nitrogens with one attached hydrogen (secondary N) is 1. The Morgan fingerprint density at radius 1 is 1.24 bits per heavy atom. The summed E-state index contributed by atoms with van der Waals surface area (Å²) in [7, 11) is 1.95. The smallest absolute Gasteiger partial charge is 0.0926 e. The number of aromatic nitrogens is 2. The highest BCUT2D eigenvalue weighted by molar-refractivity contribution is 5.63. The van der Waals surface area contributed by atoms with Crippen LogP contribution in [0.2, 0.25) is 0 Å². The van der Waals surface area contributed by atoms with Gasteiger partial charge in [0.05, 0.1) is 5.69 Å². The lowest BCUT2D eigenvalue weighted by molar-refractivity contribution is 0.676. The number of hydrogen-bond donors (Lipinski definition) is 1. The highest BCUT2D eigenvalue weighted by Gasteiger charge is 2.06. The fourth-order valence-electron chi connectivity index (χ4n) is 1.88. The maximum atomic E-state index is 4.46. The molecule has 0 aliphatic rings. The fourth-order valence-corrected chi connectivity index (χ4v) is 1.88. The molecule has 0 radical (unpaired) electrons. The highest BCUT2D eigenvalue weighted by atomic mass is 15.2. The summed E-state index contributed by atoms with van der Waals surface area (Å²) < 4.78 is 1.84. The van der Waals surface area contributed by atoms with Crippen LogP contribution in [0.25, 0.3) is 11.3 Å². The molecule has 2 aromatic rings. The molecular weight excluding hydrogens is 210 g/mol. The van der Waals surface area contributed by atoms with E-state index in [0.29, 0.717) is 0 Å². The summed E-state index contributed by atoms with van der Waals surface area (Å²) in [6.45, 7) is 4.13. The summed E-state index contributed by atoms with van der Waals surface area (Å²) in [6.07, 6.45) is 3.14. The van der Waals surface area contributed by atoms with Crippen LogP contribution in [0.1, 0.15) is 18.9 Å². The van der Waals surface area contributed by atoms with E-state index in [-0.39, 0.29) is 0 Å². The Morgan fingerprint density at radius 3 is 2.76 bits per heavy atom. The van der Waals surface area contributed by atoms with E-state index in [1.54, 1.807) is 0 Å². The second-order valence-corrected chi connectivity index (χ2v) is 4.21. The number of hydrogen-bond acceptors (Lipinski definition) is 2. The molecule has 1 N–H and O–H groups in total. The van der Waals surface area contributed by atoms with Gasteiger partial charge >= 0.3 is 0 Å². The summed E-state index contributed by atoms with van der Waals surface area (Å²) in [5.41, 5.74) is 3.57. The van der Waals surface area contributed by atoms with Crippen LogP contribution < -0.4 is 5.32 Å². The van der Waals surface area contributed by atoms with Crippen molar-refractivity contribution >= 4 is 0 Å². The molecule has 0 bridgehead atoms. The van der Waals surface area contributed by atoms with E-state index >= 15 is 0 Å². The minimum atomic E-state index is 0.903. The first-order valence-corrected chi connectivity index (χ1v) is 6.10. The second kappa shape index (κ2) is 5.64. The molecule has 2 rings (SSSR count). The third-order valence-corrected chi connectivity index (χ3v) is 2.75. The first-order chi connectivity index (χ1) is 8.31. The average molecular weight is 229 g/mol. The van der Waals surface area contributed by atoms with Gasteiger partial charge in [-0.15, -0.1) is 0 Å². The minimum absolute atomic E-state index is 0.903. The molecule has 17 heavy (non-hydrogen) atoms.